The SMILES string of the molecule is O=C1CC(NC(=O)NCC2(C(=O)O)CCC2)CN1. The number of hydrogen-bond acceptors (Lipinski definition) is 3. The quantitative estimate of drug-likeness (QED) is 0.539. The van der Waals surface area contributed by atoms with Crippen molar-refractivity contribution in [1.29, 1.82) is 0 Å². The Balaban J connectivity index is 1.74. The molecule has 2 rings (SSSR count). The zero-order valence-electron chi connectivity index (χ0n) is 9.99. The fourth-order valence-corrected chi connectivity index (χ4v) is 2.26. The Bertz CT molecular complexity index is 378. The fourth-order valence-electron chi connectivity index (χ4n) is 2.26. The number of carbonyl (C=O) groups excluding carboxylic acids is 2. The maximum absolute atomic E-state index is 11.6. The minimum Gasteiger partial charge on any atom is -0.481 e. The molecule has 0 aromatic carbocycles. The summed E-state index contributed by atoms with van der Waals surface area (Å²) in [7, 11) is 0. The van der Waals surface area contributed by atoms with E-state index in [1.54, 1.807) is 0 Å². The number of rotatable bonds is 4. The van der Waals surface area contributed by atoms with Crippen molar-refractivity contribution in [2.24, 2.45) is 5.41 Å². The van der Waals surface area contributed by atoms with Crippen LogP contribution in [0.15, 0.2) is 0 Å². The summed E-state index contributed by atoms with van der Waals surface area (Å²) in [6.07, 6.45) is 2.37. The highest BCUT2D eigenvalue weighted by atomic mass is 16.4. The van der Waals surface area contributed by atoms with Crippen molar-refractivity contribution in [3.8, 4) is 0 Å². The van der Waals surface area contributed by atoms with E-state index in [0.717, 1.165) is 6.42 Å². The predicted molar refractivity (Wildman–Crippen MR) is 61.9 cm³/mol. The van der Waals surface area contributed by atoms with E-state index in [0.29, 0.717) is 19.4 Å². The highest BCUT2D eigenvalue weighted by Gasteiger charge is 2.44. The van der Waals surface area contributed by atoms with Crippen molar-refractivity contribution in [3.63, 3.8) is 0 Å². The minimum absolute atomic E-state index is 0.0821. The fraction of sp³-hybridized carbons (Fsp3) is 0.727. The average Bonchev–Trinajstić information content (AvgIpc) is 2.61. The Morgan fingerprint density at radius 1 is 1.44 bits per heavy atom. The first kappa shape index (κ1) is 12.7. The van der Waals surface area contributed by atoms with Crippen molar-refractivity contribution >= 4 is 17.9 Å². The van der Waals surface area contributed by atoms with E-state index in [1.165, 1.54) is 0 Å². The Morgan fingerprint density at radius 3 is 2.61 bits per heavy atom. The smallest absolute Gasteiger partial charge is 0.315 e. The summed E-state index contributed by atoms with van der Waals surface area (Å²) in [6, 6.07) is -0.622. The molecule has 1 aliphatic heterocycles. The molecule has 0 aromatic rings. The number of carboxylic acids is 1. The molecule has 7 heteroatoms. The van der Waals surface area contributed by atoms with Gasteiger partial charge in [-0.15, -0.1) is 0 Å². The number of amides is 3. The molecule has 1 unspecified atom stereocenters. The van der Waals surface area contributed by atoms with Gasteiger partial charge in [0, 0.05) is 19.5 Å². The van der Waals surface area contributed by atoms with Crippen molar-refractivity contribution in [3.05, 3.63) is 0 Å². The van der Waals surface area contributed by atoms with Crippen LogP contribution in [0.25, 0.3) is 0 Å². The molecule has 3 amide bonds. The molecule has 0 aromatic heterocycles. The average molecular weight is 255 g/mol. The topological polar surface area (TPSA) is 108 Å². The molecule has 7 nitrogen and oxygen atoms in total. The van der Waals surface area contributed by atoms with Crippen LogP contribution in [0.2, 0.25) is 0 Å². The minimum atomic E-state index is -0.855. The van der Waals surface area contributed by atoms with Crippen molar-refractivity contribution in [1.82, 2.24) is 16.0 Å². The Morgan fingerprint density at radius 2 is 2.17 bits per heavy atom. The number of nitrogens with one attached hydrogen (secondary N) is 3. The van der Waals surface area contributed by atoms with Crippen LogP contribution >= 0.6 is 0 Å². The van der Waals surface area contributed by atoms with Gasteiger partial charge in [0.2, 0.25) is 5.91 Å². The first-order chi connectivity index (χ1) is 8.52. The third kappa shape index (κ3) is 2.55. The van der Waals surface area contributed by atoms with Crippen LogP contribution in [0, 0.1) is 5.41 Å². The van der Waals surface area contributed by atoms with Crippen molar-refractivity contribution in [2.75, 3.05) is 13.1 Å². The summed E-state index contributed by atoms with van der Waals surface area (Å²) < 4.78 is 0. The second-order valence-corrected chi connectivity index (χ2v) is 4.97. The van der Waals surface area contributed by atoms with E-state index < -0.39 is 17.4 Å². The third-order valence-corrected chi connectivity index (χ3v) is 3.66. The summed E-state index contributed by atoms with van der Waals surface area (Å²) in [5.41, 5.74) is -0.791. The zero-order valence-corrected chi connectivity index (χ0v) is 9.99. The third-order valence-electron chi connectivity index (χ3n) is 3.66. The van der Waals surface area contributed by atoms with E-state index in [1.807, 2.05) is 0 Å². The molecule has 0 radical (unpaired) electrons. The molecule has 18 heavy (non-hydrogen) atoms. The van der Waals surface area contributed by atoms with Gasteiger partial charge in [0.1, 0.15) is 0 Å². The van der Waals surface area contributed by atoms with Crippen LogP contribution in [-0.4, -0.2) is 42.1 Å². The zero-order chi connectivity index (χ0) is 13.2. The van der Waals surface area contributed by atoms with Gasteiger partial charge in [-0.25, -0.2) is 4.79 Å². The van der Waals surface area contributed by atoms with Crippen molar-refractivity contribution in [2.45, 2.75) is 31.7 Å². The van der Waals surface area contributed by atoms with Crippen LogP contribution < -0.4 is 16.0 Å². The summed E-state index contributed by atoms with van der Waals surface area (Å²) >= 11 is 0. The lowest BCUT2D eigenvalue weighted by Gasteiger charge is -2.37. The van der Waals surface area contributed by atoms with Gasteiger partial charge >= 0.3 is 12.0 Å². The van der Waals surface area contributed by atoms with E-state index in [2.05, 4.69) is 16.0 Å². The molecule has 0 spiro atoms. The first-order valence-electron chi connectivity index (χ1n) is 6.06. The van der Waals surface area contributed by atoms with Crippen LogP contribution in [0.3, 0.4) is 0 Å². The predicted octanol–water partition coefficient (Wildman–Crippen LogP) is -0.571. The van der Waals surface area contributed by atoms with Gasteiger partial charge < -0.3 is 21.1 Å². The van der Waals surface area contributed by atoms with Gasteiger partial charge in [-0.05, 0) is 12.8 Å². The van der Waals surface area contributed by atoms with E-state index in [9.17, 15) is 14.4 Å². The number of aliphatic carboxylic acids is 1. The Labute approximate surface area is 104 Å². The number of hydrogen-bond donors (Lipinski definition) is 4. The Kier molecular flexibility index (Phi) is 3.40. The van der Waals surface area contributed by atoms with Crippen LogP contribution in [-0.2, 0) is 9.59 Å². The lowest BCUT2D eigenvalue weighted by atomic mass is 9.69. The molecule has 4 N–H and O–H groups in total. The molecule has 0 bridgehead atoms. The van der Waals surface area contributed by atoms with Crippen molar-refractivity contribution < 1.29 is 19.5 Å². The van der Waals surface area contributed by atoms with Crippen LogP contribution in [0.4, 0.5) is 4.79 Å². The molecule has 1 atom stereocenters. The molecule has 2 aliphatic rings. The van der Waals surface area contributed by atoms with Crippen LogP contribution in [0.1, 0.15) is 25.7 Å². The molecule has 1 saturated carbocycles. The monoisotopic (exact) mass is 255 g/mol. The molecular formula is C11H17N3O4. The number of urea groups is 1. The Hall–Kier alpha value is -1.79. The van der Waals surface area contributed by atoms with Gasteiger partial charge in [-0.3, -0.25) is 9.59 Å². The molecule has 1 saturated heterocycles. The number of carbonyl (C=O) groups is 3. The highest BCUT2D eigenvalue weighted by molar-refractivity contribution is 5.82. The van der Waals surface area contributed by atoms with Gasteiger partial charge in [0.15, 0.2) is 0 Å². The molecular weight excluding hydrogens is 238 g/mol. The highest BCUT2D eigenvalue weighted by Crippen LogP contribution is 2.40. The van der Waals surface area contributed by atoms with Gasteiger partial charge in [0.25, 0.3) is 0 Å². The van der Waals surface area contributed by atoms with E-state index >= 15 is 0 Å². The van der Waals surface area contributed by atoms with Gasteiger partial charge in [-0.2, -0.15) is 0 Å². The van der Waals surface area contributed by atoms with E-state index in [4.69, 9.17) is 5.11 Å². The maximum Gasteiger partial charge on any atom is 0.315 e. The lowest BCUT2D eigenvalue weighted by Crippen LogP contribution is -2.51. The summed E-state index contributed by atoms with van der Waals surface area (Å²) in [5.74, 6) is -0.937. The molecule has 2 fully saturated rings. The lowest BCUT2D eigenvalue weighted by molar-refractivity contribution is -0.153. The largest absolute Gasteiger partial charge is 0.481 e. The summed E-state index contributed by atoms with van der Waals surface area (Å²) in [4.78, 5) is 33.6. The summed E-state index contributed by atoms with van der Waals surface area (Å²) in [5, 5.41) is 16.9. The normalized spacial score (nSPS) is 24.9. The summed E-state index contributed by atoms with van der Waals surface area (Å²) in [6.45, 7) is 0.568. The second kappa shape index (κ2) is 4.83. The first-order valence-corrected chi connectivity index (χ1v) is 6.06. The van der Waals surface area contributed by atoms with E-state index in [-0.39, 0.29) is 24.9 Å². The van der Waals surface area contributed by atoms with Gasteiger partial charge in [0.05, 0.1) is 11.5 Å². The standard InChI is InChI=1S/C11H17N3O4/c15-8-4-7(5-12-8)14-10(18)13-6-11(9(16)17)2-1-3-11/h7H,1-6H2,(H,12,15)(H,16,17)(H2,13,14,18). The molecule has 1 aliphatic carbocycles. The van der Waals surface area contributed by atoms with Gasteiger partial charge in [-0.1, -0.05) is 6.42 Å². The number of carboxylic acid groups (broad SMARTS) is 1. The van der Waals surface area contributed by atoms with Crippen LogP contribution in [0.5, 0.6) is 0 Å². The maximum atomic E-state index is 11.6. The molecule has 100 valence electrons. The molecule has 1 heterocycles. The second-order valence-electron chi connectivity index (χ2n) is 4.97.